The van der Waals surface area contributed by atoms with Gasteiger partial charge < -0.3 is 10.3 Å². The summed E-state index contributed by atoms with van der Waals surface area (Å²) in [6.45, 7) is 2.83. The van der Waals surface area contributed by atoms with Crippen molar-refractivity contribution in [3.63, 3.8) is 0 Å². The molecule has 3 heteroatoms. The number of aromatic nitrogens is 2. The molecule has 1 saturated carbocycles. The molecule has 2 rings (SSSR count). The minimum absolute atomic E-state index is 0.387. The molecular weight excluding hydrogens is 162 g/mol. The first-order valence-corrected chi connectivity index (χ1v) is 5.04. The molecule has 0 aromatic carbocycles. The summed E-state index contributed by atoms with van der Waals surface area (Å²) in [5.74, 6) is 0.747. The zero-order chi connectivity index (χ0) is 9.26. The van der Waals surface area contributed by atoms with Crippen LogP contribution in [0.25, 0.3) is 0 Å². The third kappa shape index (κ3) is 1.48. The Hall–Kier alpha value is -0.830. The number of hydrogen-bond acceptors (Lipinski definition) is 2. The van der Waals surface area contributed by atoms with Gasteiger partial charge in [-0.3, -0.25) is 0 Å². The van der Waals surface area contributed by atoms with E-state index in [4.69, 9.17) is 5.73 Å². The molecular formula is C10H17N3. The van der Waals surface area contributed by atoms with E-state index >= 15 is 0 Å². The second-order valence-corrected chi connectivity index (χ2v) is 3.94. The molecule has 1 aromatic heterocycles. The van der Waals surface area contributed by atoms with Crippen LogP contribution < -0.4 is 5.73 Å². The highest BCUT2D eigenvalue weighted by Gasteiger charge is 2.23. The zero-order valence-corrected chi connectivity index (χ0v) is 8.11. The van der Waals surface area contributed by atoms with Crippen LogP contribution in [0.4, 0.5) is 0 Å². The lowest BCUT2D eigenvalue weighted by Crippen LogP contribution is -2.20. The molecule has 3 nitrogen and oxygen atoms in total. The second-order valence-electron chi connectivity index (χ2n) is 3.94. The van der Waals surface area contributed by atoms with Crippen LogP contribution in [0.3, 0.4) is 0 Å². The fraction of sp³-hybridized carbons (Fsp3) is 0.700. The minimum Gasteiger partial charge on any atom is -0.330 e. The predicted octanol–water partition coefficient (Wildman–Crippen LogP) is 1.67. The number of rotatable bonds is 3. The van der Waals surface area contributed by atoms with Crippen LogP contribution in [0.15, 0.2) is 12.5 Å². The van der Waals surface area contributed by atoms with Crippen LogP contribution in [0.2, 0.25) is 0 Å². The van der Waals surface area contributed by atoms with Gasteiger partial charge in [-0.25, -0.2) is 4.98 Å². The van der Waals surface area contributed by atoms with Gasteiger partial charge in [0.15, 0.2) is 0 Å². The van der Waals surface area contributed by atoms with Crippen LogP contribution in [0.5, 0.6) is 0 Å². The first-order chi connectivity index (χ1) is 6.33. The van der Waals surface area contributed by atoms with Crippen molar-refractivity contribution >= 4 is 0 Å². The standard InChI is InChI=1S/C10H17N3/c1-8(5-11)13-7-12-6-10(13)9-3-2-4-9/h6-9H,2-5,11H2,1H3. The van der Waals surface area contributed by atoms with Gasteiger partial charge in [-0.1, -0.05) is 6.42 Å². The van der Waals surface area contributed by atoms with Gasteiger partial charge in [-0.05, 0) is 19.8 Å². The number of hydrogen-bond donors (Lipinski definition) is 1. The van der Waals surface area contributed by atoms with Crippen LogP contribution in [0.1, 0.15) is 43.8 Å². The van der Waals surface area contributed by atoms with Gasteiger partial charge in [0.2, 0.25) is 0 Å². The number of imidazole rings is 1. The number of nitrogens with two attached hydrogens (primary N) is 1. The zero-order valence-electron chi connectivity index (χ0n) is 8.11. The maximum atomic E-state index is 5.64. The molecule has 0 radical (unpaired) electrons. The molecule has 1 unspecified atom stereocenters. The van der Waals surface area contributed by atoms with Crippen molar-refractivity contribution in [2.75, 3.05) is 6.54 Å². The average Bonchev–Trinajstić information content (AvgIpc) is 2.49. The largest absolute Gasteiger partial charge is 0.330 e. The van der Waals surface area contributed by atoms with Gasteiger partial charge in [-0.2, -0.15) is 0 Å². The lowest BCUT2D eigenvalue weighted by atomic mass is 9.83. The molecule has 1 heterocycles. The van der Waals surface area contributed by atoms with E-state index in [0.29, 0.717) is 12.6 Å². The Morgan fingerprint density at radius 3 is 3.00 bits per heavy atom. The van der Waals surface area contributed by atoms with Gasteiger partial charge in [0, 0.05) is 30.4 Å². The molecule has 1 fully saturated rings. The lowest BCUT2D eigenvalue weighted by Gasteiger charge is -2.27. The highest BCUT2D eigenvalue weighted by atomic mass is 15.1. The summed E-state index contributed by atoms with van der Waals surface area (Å²) in [6.07, 6.45) is 7.92. The van der Waals surface area contributed by atoms with E-state index in [-0.39, 0.29) is 0 Å². The Balaban J connectivity index is 2.19. The highest BCUT2D eigenvalue weighted by molar-refractivity contribution is 5.10. The monoisotopic (exact) mass is 179 g/mol. The quantitative estimate of drug-likeness (QED) is 0.767. The Bertz CT molecular complexity index is 256. The van der Waals surface area contributed by atoms with Gasteiger partial charge >= 0.3 is 0 Å². The van der Waals surface area contributed by atoms with Crippen LogP contribution in [-0.2, 0) is 0 Å². The molecule has 72 valence electrons. The second kappa shape index (κ2) is 3.50. The van der Waals surface area contributed by atoms with Gasteiger partial charge in [0.1, 0.15) is 0 Å². The molecule has 1 aliphatic carbocycles. The maximum absolute atomic E-state index is 5.64. The van der Waals surface area contributed by atoms with Gasteiger partial charge in [0.25, 0.3) is 0 Å². The van der Waals surface area contributed by atoms with Crippen LogP contribution in [-0.4, -0.2) is 16.1 Å². The molecule has 1 atom stereocenters. The molecule has 0 bridgehead atoms. The molecule has 2 N–H and O–H groups in total. The van der Waals surface area contributed by atoms with E-state index in [9.17, 15) is 0 Å². The smallest absolute Gasteiger partial charge is 0.0951 e. The fourth-order valence-corrected chi connectivity index (χ4v) is 1.82. The van der Waals surface area contributed by atoms with Crippen LogP contribution in [0, 0.1) is 0 Å². The lowest BCUT2D eigenvalue weighted by molar-refractivity contribution is 0.385. The summed E-state index contributed by atoms with van der Waals surface area (Å²) in [4.78, 5) is 4.20. The molecule has 0 saturated heterocycles. The van der Waals surface area contributed by atoms with Gasteiger partial charge in [0.05, 0.1) is 6.33 Å². The Labute approximate surface area is 79.0 Å². The molecule has 13 heavy (non-hydrogen) atoms. The fourth-order valence-electron chi connectivity index (χ4n) is 1.82. The van der Waals surface area contributed by atoms with E-state index in [0.717, 1.165) is 5.92 Å². The Morgan fingerprint density at radius 2 is 2.46 bits per heavy atom. The topological polar surface area (TPSA) is 43.8 Å². The summed E-state index contributed by atoms with van der Waals surface area (Å²) in [6, 6.07) is 0.387. The van der Waals surface area contributed by atoms with E-state index < -0.39 is 0 Å². The van der Waals surface area contributed by atoms with Crippen molar-refractivity contribution in [1.29, 1.82) is 0 Å². The van der Waals surface area contributed by atoms with Crippen molar-refractivity contribution < 1.29 is 0 Å². The highest BCUT2D eigenvalue weighted by Crippen LogP contribution is 2.36. The molecule has 0 amide bonds. The third-order valence-corrected chi connectivity index (χ3v) is 3.04. The van der Waals surface area contributed by atoms with E-state index in [2.05, 4.69) is 16.5 Å². The molecule has 0 spiro atoms. The average molecular weight is 179 g/mol. The molecule has 0 aliphatic heterocycles. The van der Waals surface area contributed by atoms with Crippen LogP contribution >= 0.6 is 0 Å². The predicted molar refractivity (Wildman–Crippen MR) is 52.6 cm³/mol. The summed E-state index contributed by atoms with van der Waals surface area (Å²) < 4.78 is 2.23. The third-order valence-electron chi connectivity index (χ3n) is 3.04. The number of nitrogens with zero attached hydrogens (tertiary/aromatic N) is 2. The summed E-state index contributed by atoms with van der Waals surface area (Å²) in [7, 11) is 0. The van der Waals surface area contributed by atoms with E-state index in [1.807, 2.05) is 12.5 Å². The molecule has 1 aromatic rings. The normalized spacial score (nSPS) is 19.8. The summed E-state index contributed by atoms with van der Waals surface area (Å²) in [5.41, 5.74) is 7.02. The Kier molecular flexibility index (Phi) is 2.36. The minimum atomic E-state index is 0.387. The van der Waals surface area contributed by atoms with E-state index in [1.54, 1.807) is 0 Å². The van der Waals surface area contributed by atoms with Crippen molar-refractivity contribution in [3.8, 4) is 0 Å². The van der Waals surface area contributed by atoms with Crippen molar-refractivity contribution in [2.45, 2.75) is 38.1 Å². The maximum Gasteiger partial charge on any atom is 0.0951 e. The van der Waals surface area contributed by atoms with Crippen molar-refractivity contribution in [3.05, 3.63) is 18.2 Å². The summed E-state index contributed by atoms with van der Waals surface area (Å²) >= 11 is 0. The molecule has 1 aliphatic rings. The first kappa shape index (κ1) is 8.75. The Morgan fingerprint density at radius 1 is 1.69 bits per heavy atom. The van der Waals surface area contributed by atoms with Crippen molar-refractivity contribution in [2.24, 2.45) is 5.73 Å². The SMILES string of the molecule is CC(CN)n1cncc1C1CCC1. The van der Waals surface area contributed by atoms with E-state index in [1.165, 1.54) is 25.0 Å². The summed E-state index contributed by atoms with van der Waals surface area (Å²) in [5, 5.41) is 0. The van der Waals surface area contributed by atoms with Gasteiger partial charge in [-0.15, -0.1) is 0 Å². The van der Waals surface area contributed by atoms with Crippen molar-refractivity contribution in [1.82, 2.24) is 9.55 Å². The first-order valence-electron chi connectivity index (χ1n) is 5.04.